The molecule has 96 valence electrons. The van der Waals surface area contributed by atoms with Gasteiger partial charge in [-0.2, -0.15) is 18.3 Å². The second kappa shape index (κ2) is 4.32. The topological polar surface area (TPSA) is 39.8 Å². The number of carbonyl (C=O) groups is 1. The van der Waals surface area contributed by atoms with Gasteiger partial charge in [-0.25, -0.2) is 0 Å². The summed E-state index contributed by atoms with van der Waals surface area (Å²) in [5.74, 6) is -1.83. The molecule has 4 nitrogen and oxygen atoms in total. The normalized spacial score (nSPS) is 11.8. The highest BCUT2D eigenvalue weighted by molar-refractivity contribution is 6.00. The summed E-state index contributed by atoms with van der Waals surface area (Å²) in [7, 11) is 1.75. The van der Waals surface area contributed by atoms with Crippen LogP contribution in [0.3, 0.4) is 0 Å². The molecule has 0 bridgehead atoms. The van der Waals surface area contributed by atoms with Crippen LogP contribution in [0.25, 0.3) is 0 Å². The zero-order valence-corrected chi connectivity index (χ0v) is 9.48. The van der Waals surface area contributed by atoms with Gasteiger partial charge in [-0.15, -0.1) is 0 Å². The molecule has 0 radical (unpaired) electrons. The van der Waals surface area contributed by atoms with Crippen molar-refractivity contribution in [1.29, 1.82) is 0 Å². The quantitative estimate of drug-likeness (QED) is 0.789. The zero-order chi connectivity index (χ0) is 13.3. The molecule has 0 saturated carbocycles. The molecule has 18 heavy (non-hydrogen) atoms. The predicted octanol–water partition coefficient (Wildman–Crippen LogP) is 2.01. The second-order valence-electron chi connectivity index (χ2n) is 3.88. The fourth-order valence-electron chi connectivity index (χ4n) is 1.57. The van der Waals surface area contributed by atoms with Crippen molar-refractivity contribution in [1.82, 2.24) is 14.3 Å². The first-order valence-electron chi connectivity index (χ1n) is 5.12. The summed E-state index contributed by atoms with van der Waals surface area (Å²) in [6.45, 7) is 0.325. The van der Waals surface area contributed by atoms with Gasteiger partial charge in [0.05, 0.1) is 12.2 Å². The van der Waals surface area contributed by atoms with E-state index in [2.05, 4.69) is 5.10 Å². The van der Waals surface area contributed by atoms with Crippen molar-refractivity contribution in [3.63, 3.8) is 0 Å². The Labute approximate surface area is 101 Å². The molecule has 2 aromatic heterocycles. The van der Waals surface area contributed by atoms with Crippen LogP contribution in [-0.4, -0.2) is 26.3 Å². The molecule has 2 heterocycles. The van der Waals surface area contributed by atoms with Gasteiger partial charge in [0.15, 0.2) is 0 Å². The minimum absolute atomic E-state index is 0.325. The van der Waals surface area contributed by atoms with Gasteiger partial charge in [0.1, 0.15) is 0 Å². The molecule has 0 aromatic carbocycles. The van der Waals surface area contributed by atoms with Gasteiger partial charge < -0.3 is 4.57 Å². The van der Waals surface area contributed by atoms with Crippen LogP contribution in [0.5, 0.6) is 0 Å². The number of alkyl halides is 3. The number of halogens is 3. The Kier molecular flexibility index (Phi) is 2.98. The summed E-state index contributed by atoms with van der Waals surface area (Å²) < 4.78 is 39.7. The van der Waals surface area contributed by atoms with Crippen molar-refractivity contribution >= 4 is 5.78 Å². The number of carbonyl (C=O) groups excluding carboxylic acids is 1. The minimum Gasteiger partial charge on any atom is -0.348 e. The molecule has 2 rings (SSSR count). The molecule has 0 unspecified atom stereocenters. The van der Waals surface area contributed by atoms with Crippen molar-refractivity contribution < 1.29 is 18.0 Å². The van der Waals surface area contributed by atoms with E-state index in [1.807, 2.05) is 0 Å². The summed E-state index contributed by atoms with van der Waals surface area (Å²) in [6.07, 6.45) is -0.504. The average Bonchev–Trinajstić information content (AvgIpc) is 2.86. The molecule has 0 N–H and O–H groups in total. The Morgan fingerprint density at radius 1 is 1.33 bits per heavy atom. The molecule has 2 aromatic rings. The fourth-order valence-corrected chi connectivity index (χ4v) is 1.57. The molecule has 0 spiro atoms. The third-order valence-corrected chi connectivity index (χ3v) is 2.38. The molecule has 0 aliphatic rings. The molecule has 0 fully saturated rings. The van der Waals surface area contributed by atoms with E-state index in [4.69, 9.17) is 0 Å². The van der Waals surface area contributed by atoms with Gasteiger partial charge in [-0.3, -0.25) is 9.48 Å². The summed E-state index contributed by atoms with van der Waals surface area (Å²) in [4.78, 5) is 11.0. The number of hydrogen-bond acceptors (Lipinski definition) is 2. The lowest BCUT2D eigenvalue weighted by atomic mass is 10.2. The van der Waals surface area contributed by atoms with E-state index in [0.717, 1.165) is 6.07 Å². The third kappa shape index (κ3) is 2.61. The first kappa shape index (κ1) is 12.4. The first-order valence-corrected chi connectivity index (χ1v) is 5.12. The van der Waals surface area contributed by atoms with Gasteiger partial charge in [0.2, 0.25) is 0 Å². The number of aryl methyl sites for hydroxylation is 1. The maximum Gasteiger partial charge on any atom is 0.454 e. The fraction of sp³-hybridized carbons (Fsp3) is 0.273. The molecule has 0 amide bonds. The minimum atomic E-state index is -4.84. The number of rotatable bonds is 3. The lowest BCUT2D eigenvalue weighted by Crippen LogP contribution is -2.22. The van der Waals surface area contributed by atoms with Crippen molar-refractivity contribution in [2.45, 2.75) is 12.7 Å². The van der Waals surface area contributed by atoms with Crippen LogP contribution < -0.4 is 0 Å². The zero-order valence-electron chi connectivity index (χ0n) is 9.48. The van der Waals surface area contributed by atoms with E-state index in [9.17, 15) is 18.0 Å². The van der Waals surface area contributed by atoms with Crippen LogP contribution in [0.2, 0.25) is 0 Å². The van der Waals surface area contributed by atoms with Gasteiger partial charge >= 0.3 is 6.18 Å². The summed E-state index contributed by atoms with van der Waals surface area (Å²) >= 11 is 0. The number of hydrogen-bond donors (Lipinski definition) is 0. The Morgan fingerprint density at radius 2 is 2.06 bits per heavy atom. The van der Waals surface area contributed by atoms with Crippen LogP contribution in [0.4, 0.5) is 13.2 Å². The number of ketones is 1. The van der Waals surface area contributed by atoms with Crippen LogP contribution in [-0.2, 0) is 13.6 Å². The van der Waals surface area contributed by atoms with Crippen molar-refractivity contribution in [2.24, 2.45) is 7.05 Å². The number of nitrogens with zero attached hydrogens (tertiary/aromatic N) is 3. The van der Waals surface area contributed by atoms with E-state index in [0.29, 0.717) is 12.2 Å². The van der Waals surface area contributed by atoms with Crippen molar-refractivity contribution in [2.75, 3.05) is 0 Å². The Balaban J connectivity index is 2.14. The highest BCUT2D eigenvalue weighted by atomic mass is 19.4. The Hall–Kier alpha value is -2.05. The van der Waals surface area contributed by atoms with E-state index in [1.165, 1.54) is 17.0 Å². The van der Waals surface area contributed by atoms with Gasteiger partial charge in [0.25, 0.3) is 5.78 Å². The maximum absolute atomic E-state index is 12.2. The van der Waals surface area contributed by atoms with Gasteiger partial charge in [-0.1, -0.05) is 0 Å². The van der Waals surface area contributed by atoms with Crippen molar-refractivity contribution in [3.05, 3.63) is 42.0 Å². The van der Waals surface area contributed by atoms with E-state index in [-0.39, 0.29) is 5.56 Å². The van der Waals surface area contributed by atoms with E-state index < -0.39 is 12.0 Å². The van der Waals surface area contributed by atoms with Crippen LogP contribution in [0.15, 0.2) is 30.7 Å². The molecular formula is C11H10F3N3O. The molecule has 7 heteroatoms. The lowest BCUT2D eigenvalue weighted by molar-refractivity contribution is -0.0885. The molecule has 0 atom stereocenters. The molecular weight excluding hydrogens is 247 g/mol. The first-order chi connectivity index (χ1) is 8.36. The molecule has 0 aliphatic heterocycles. The predicted molar refractivity (Wildman–Crippen MR) is 57.1 cm³/mol. The lowest BCUT2D eigenvalue weighted by Gasteiger charge is -2.02. The number of aromatic nitrogens is 3. The SMILES string of the molecule is Cn1ccc(Cn2ccc(C(=O)C(F)(F)F)c2)n1. The monoisotopic (exact) mass is 257 g/mol. The van der Waals surface area contributed by atoms with E-state index in [1.54, 1.807) is 24.0 Å². The number of Topliss-reactive ketones (excluding diaryl/α,β-unsaturated/α-hetero) is 1. The highest BCUT2D eigenvalue weighted by Crippen LogP contribution is 2.21. The van der Waals surface area contributed by atoms with Crippen LogP contribution in [0.1, 0.15) is 16.1 Å². The van der Waals surface area contributed by atoms with Crippen molar-refractivity contribution in [3.8, 4) is 0 Å². The summed E-state index contributed by atoms with van der Waals surface area (Å²) in [6, 6.07) is 2.91. The van der Waals surface area contributed by atoms with Crippen LogP contribution >= 0.6 is 0 Å². The van der Waals surface area contributed by atoms with Gasteiger partial charge in [0, 0.05) is 31.2 Å². The molecule has 0 aliphatic carbocycles. The second-order valence-corrected chi connectivity index (χ2v) is 3.88. The Bertz CT molecular complexity index is 568. The van der Waals surface area contributed by atoms with E-state index >= 15 is 0 Å². The van der Waals surface area contributed by atoms with Gasteiger partial charge in [-0.05, 0) is 12.1 Å². The smallest absolute Gasteiger partial charge is 0.348 e. The Morgan fingerprint density at radius 3 is 2.61 bits per heavy atom. The largest absolute Gasteiger partial charge is 0.454 e. The maximum atomic E-state index is 12.2. The third-order valence-electron chi connectivity index (χ3n) is 2.38. The average molecular weight is 257 g/mol. The standard InChI is InChI=1S/C11H10F3N3O/c1-16-4-3-9(15-16)7-17-5-2-8(6-17)10(18)11(12,13)14/h2-6H,7H2,1H3. The van der Waals surface area contributed by atoms with Crippen LogP contribution in [0, 0.1) is 0 Å². The summed E-state index contributed by atoms with van der Waals surface area (Å²) in [5, 5.41) is 4.10. The molecule has 0 saturated heterocycles. The summed E-state index contributed by atoms with van der Waals surface area (Å²) in [5.41, 5.74) is 0.345. The highest BCUT2D eigenvalue weighted by Gasteiger charge is 2.39.